The molecular weight excluding hydrogens is 612 g/mol. The van der Waals surface area contributed by atoms with Crippen molar-refractivity contribution in [1.29, 1.82) is 5.26 Å². The Balaban J connectivity index is 1.49. The Morgan fingerprint density at radius 1 is 0.977 bits per heavy atom. The number of aromatic nitrogens is 2. The van der Waals surface area contributed by atoms with Crippen LogP contribution in [0.4, 0.5) is 0 Å². The third-order valence-electron chi connectivity index (χ3n) is 6.81. The number of nitriles is 1. The van der Waals surface area contributed by atoms with E-state index in [2.05, 4.69) is 27.1 Å². The minimum atomic E-state index is -0.378. The van der Waals surface area contributed by atoms with Crippen LogP contribution >= 0.6 is 15.9 Å². The number of hydrogen-bond donors (Lipinski definition) is 0. The van der Waals surface area contributed by atoms with Gasteiger partial charge in [-0.2, -0.15) is 15.0 Å². The van der Waals surface area contributed by atoms with Crippen LogP contribution in [0.3, 0.4) is 0 Å². The molecule has 0 aliphatic carbocycles. The van der Waals surface area contributed by atoms with Gasteiger partial charge in [-0.1, -0.05) is 52.3 Å². The van der Waals surface area contributed by atoms with Crippen LogP contribution < -0.4 is 19.8 Å². The van der Waals surface area contributed by atoms with Gasteiger partial charge >= 0.3 is 0 Å². The molecule has 0 radical (unpaired) electrons. The molecule has 0 N–H and O–H groups in total. The standard InChI is InChI=1S/C33H23BrN4O5/c1-40-27-12-7-13-28-25(27)16-30(43-28)32-37-26-11-6-5-10-24(26)33(39)38(32)36-18-22-14-23(34)15-29(41-2)31(22)42-19-21-9-4-3-8-20(21)17-35/h3-16,18H,19H2,1-2H3. The molecule has 0 spiro atoms. The number of benzene rings is 4. The minimum absolute atomic E-state index is 0.117. The average molecular weight is 635 g/mol. The Bertz CT molecular complexity index is 2130. The van der Waals surface area contributed by atoms with E-state index in [0.29, 0.717) is 55.1 Å². The van der Waals surface area contributed by atoms with E-state index < -0.39 is 0 Å². The third-order valence-corrected chi connectivity index (χ3v) is 7.26. The number of ether oxygens (including phenoxy) is 3. The molecule has 0 atom stereocenters. The second kappa shape index (κ2) is 11.8. The van der Waals surface area contributed by atoms with E-state index >= 15 is 0 Å². The first-order chi connectivity index (χ1) is 21.0. The van der Waals surface area contributed by atoms with Crippen LogP contribution in [-0.4, -0.2) is 30.1 Å². The summed E-state index contributed by atoms with van der Waals surface area (Å²) in [5.74, 6) is 2.02. The molecule has 0 unspecified atom stereocenters. The van der Waals surface area contributed by atoms with Crippen molar-refractivity contribution in [2.75, 3.05) is 14.2 Å². The lowest BCUT2D eigenvalue weighted by atomic mass is 10.1. The van der Waals surface area contributed by atoms with Gasteiger partial charge < -0.3 is 18.6 Å². The molecule has 10 heteroatoms. The predicted molar refractivity (Wildman–Crippen MR) is 167 cm³/mol. The van der Waals surface area contributed by atoms with E-state index in [0.717, 1.165) is 10.9 Å². The van der Waals surface area contributed by atoms with Gasteiger partial charge in [0.2, 0.25) is 5.82 Å². The highest BCUT2D eigenvalue weighted by Crippen LogP contribution is 2.36. The topological polar surface area (TPSA) is 112 Å². The molecular formula is C33H23BrN4O5. The van der Waals surface area contributed by atoms with Gasteiger partial charge in [0, 0.05) is 15.6 Å². The molecule has 43 heavy (non-hydrogen) atoms. The molecule has 0 saturated heterocycles. The van der Waals surface area contributed by atoms with Crippen LogP contribution in [0.2, 0.25) is 0 Å². The van der Waals surface area contributed by atoms with Crippen LogP contribution in [0.1, 0.15) is 16.7 Å². The summed E-state index contributed by atoms with van der Waals surface area (Å²) >= 11 is 3.52. The Labute approximate surface area is 254 Å². The highest BCUT2D eigenvalue weighted by molar-refractivity contribution is 9.10. The molecule has 0 bridgehead atoms. The molecule has 4 aromatic carbocycles. The average Bonchev–Trinajstić information content (AvgIpc) is 3.48. The lowest BCUT2D eigenvalue weighted by molar-refractivity contribution is 0.283. The molecule has 2 heterocycles. The number of methoxy groups -OCH3 is 2. The van der Waals surface area contributed by atoms with E-state index in [1.165, 1.54) is 18.0 Å². The zero-order valence-corrected chi connectivity index (χ0v) is 24.7. The molecule has 6 rings (SSSR count). The summed E-state index contributed by atoms with van der Waals surface area (Å²) in [7, 11) is 3.12. The highest BCUT2D eigenvalue weighted by Gasteiger charge is 2.19. The molecule has 0 aliphatic heterocycles. The van der Waals surface area contributed by atoms with Crippen molar-refractivity contribution in [3.8, 4) is 34.9 Å². The zero-order valence-electron chi connectivity index (χ0n) is 23.1. The van der Waals surface area contributed by atoms with Gasteiger partial charge in [-0.25, -0.2) is 4.98 Å². The molecule has 2 aromatic heterocycles. The van der Waals surface area contributed by atoms with Gasteiger partial charge in [0.25, 0.3) is 5.56 Å². The number of hydrogen-bond acceptors (Lipinski definition) is 8. The summed E-state index contributed by atoms with van der Waals surface area (Å²) in [4.78, 5) is 18.5. The molecule has 212 valence electrons. The lowest BCUT2D eigenvalue weighted by Crippen LogP contribution is -2.20. The Kier molecular flexibility index (Phi) is 7.64. The Morgan fingerprint density at radius 2 is 1.77 bits per heavy atom. The van der Waals surface area contributed by atoms with E-state index in [-0.39, 0.29) is 18.0 Å². The molecule has 0 saturated carbocycles. The van der Waals surface area contributed by atoms with Gasteiger partial charge in [0.1, 0.15) is 17.9 Å². The second-order valence-corrected chi connectivity index (χ2v) is 10.3. The number of fused-ring (bicyclic) bond motifs is 2. The van der Waals surface area contributed by atoms with Crippen molar-refractivity contribution in [3.63, 3.8) is 0 Å². The number of rotatable bonds is 8. The zero-order chi connectivity index (χ0) is 29.9. The van der Waals surface area contributed by atoms with Crippen molar-refractivity contribution in [3.05, 3.63) is 116 Å². The fourth-order valence-electron chi connectivity index (χ4n) is 4.73. The van der Waals surface area contributed by atoms with Crippen molar-refractivity contribution in [2.24, 2.45) is 5.10 Å². The van der Waals surface area contributed by atoms with Crippen molar-refractivity contribution in [1.82, 2.24) is 9.66 Å². The highest BCUT2D eigenvalue weighted by atomic mass is 79.9. The maximum atomic E-state index is 13.8. The maximum Gasteiger partial charge on any atom is 0.282 e. The summed E-state index contributed by atoms with van der Waals surface area (Å²) < 4.78 is 25.3. The molecule has 9 nitrogen and oxygen atoms in total. The Morgan fingerprint density at radius 3 is 2.58 bits per heavy atom. The Hall–Kier alpha value is -5.40. The quantitative estimate of drug-likeness (QED) is 0.167. The minimum Gasteiger partial charge on any atom is -0.496 e. The van der Waals surface area contributed by atoms with E-state index in [9.17, 15) is 10.1 Å². The van der Waals surface area contributed by atoms with Gasteiger partial charge in [0.15, 0.2) is 17.3 Å². The summed E-state index contributed by atoms with van der Waals surface area (Å²) in [5, 5.41) is 15.2. The predicted octanol–water partition coefficient (Wildman–Crippen LogP) is 6.92. The fourth-order valence-corrected chi connectivity index (χ4v) is 5.18. The summed E-state index contributed by atoms with van der Waals surface area (Å²) in [6, 6.07) is 27.2. The first-order valence-corrected chi connectivity index (χ1v) is 13.9. The fraction of sp³-hybridized carbons (Fsp3) is 0.0909. The van der Waals surface area contributed by atoms with E-state index in [4.69, 9.17) is 23.6 Å². The van der Waals surface area contributed by atoms with Crippen LogP contribution in [0.15, 0.2) is 104 Å². The molecule has 0 amide bonds. The second-order valence-electron chi connectivity index (χ2n) is 9.38. The van der Waals surface area contributed by atoms with Crippen LogP contribution in [-0.2, 0) is 6.61 Å². The van der Waals surface area contributed by atoms with Gasteiger partial charge in [0.05, 0.1) is 48.4 Å². The summed E-state index contributed by atoms with van der Waals surface area (Å²) in [5.41, 5.74) is 2.46. The van der Waals surface area contributed by atoms with Crippen molar-refractivity contribution < 1.29 is 18.6 Å². The summed E-state index contributed by atoms with van der Waals surface area (Å²) in [6.07, 6.45) is 1.50. The van der Waals surface area contributed by atoms with E-state index in [1.807, 2.05) is 36.4 Å². The molecule has 0 aliphatic rings. The first kappa shape index (κ1) is 27.8. The third kappa shape index (κ3) is 5.34. The van der Waals surface area contributed by atoms with Gasteiger partial charge in [-0.3, -0.25) is 4.79 Å². The van der Waals surface area contributed by atoms with E-state index in [1.54, 1.807) is 55.6 Å². The van der Waals surface area contributed by atoms with Crippen LogP contribution in [0.25, 0.3) is 33.5 Å². The van der Waals surface area contributed by atoms with Crippen LogP contribution in [0, 0.1) is 11.3 Å². The number of halogens is 1. The van der Waals surface area contributed by atoms with Crippen LogP contribution in [0.5, 0.6) is 17.2 Å². The lowest BCUT2D eigenvalue weighted by Gasteiger charge is -2.15. The molecule has 0 fully saturated rings. The smallest absolute Gasteiger partial charge is 0.282 e. The number of furan rings is 1. The summed E-state index contributed by atoms with van der Waals surface area (Å²) in [6.45, 7) is 0.117. The monoisotopic (exact) mass is 634 g/mol. The first-order valence-electron chi connectivity index (χ1n) is 13.1. The SMILES string of the molecule is COc1cc(Br)cc(C=Nn2c(-c3cc4c(OC)cccc4o3)nc3ccccc3c2=O)c1OCc1ccccc1C#N. The van der Waals surface area contributed by atoms with Gasteiger partial charge in [-0.15, -0.1) is 0 Å². The maximum absolute atomic E-state index is 13.8. The normalized spacial score (nSPS) is 11.2. The number of para-hydroxylation sites is 1. The van der Waals surface area contributed by atoms with Crippen molar-refractivity contribution in [2.45, 2.75) is 6.61 Å². The number of nitrogens with zero attached hydrogens (tertiary/aromatic N) is 4. The largest absolute Gasteiger partial charge is 0.496 e. The van der Waals surface area contributed by atoms with Crippen molar-refractivity contribution >= 4 is 44.0 Å². The molecule has 6 aromatic rings. The van der Waals surface area contributed by atoms with Gasteiger partial charge in [-0.05, 0) is 48.5 Å².